The molecule has 1 aromatic heterocycles. The fourth-order valence-electron chi connectivity index (χ4n) is 4.73. The zero-order valence-corrected chi connectivity index (χ0v) is 13.9. The van der Waals surface area contributed by atoms with Crippen molar-refractivity contribution >= 4 is 16.9 Å². The third-order valence-electron chi connectivity index (χ3n) is 6.53. The average Bonchev–Trinajstić information content (AvgIpc) is 2.82. The van der Waals surface area contributed by atoms with Crippen LogP contribution in [0.1, 0.15) is 45.0 Å². The van der Waals surface area contributed by atoms with E-state index in [0.29, 0.717) is 0 Å². The van der Waals surface area contributed by atoms with E-state index in [4.69, 9.17) is 14.8 Å². The van der Waals surface area contributed by atoms with E-state index < -0.39 is 5.41 Å². The first-order chi connectivity index (χ1) is 10.9. The maximum Gasteiger partial charge on any atom is 0.256 e. The minimum absolute atomic E-state index is 0.114. The largest absolute Gasteiger partial charge is 0.277 e. The SMILES string of the molecule is CONC(=O)C12CCC(C)(c3nc4ccccc4nc31)C2(C)C. The Balaban J connectivity index is 2.06. The molecule has 5 nitrogen and oxygen atoms in total. The first-order valence-electron chi connectivity index (χ1n) is 8.00. The second kappa shape index (κ2) is 4.29. The Morgan fingerprint density at radius 1 is 1.09 bits per heavy atom. The van der Waals surface area contributed by atoms with Crippen LogP contribution in [0.25, 0.3) is 11.0 Å². The first-order valence-corrected chi connectivity index (χ1v) is 8.00. The lowest BCUT2D eigenvalue weighted by Gasteiger charge is -2.39. The number of amides is 1. The molecule has 2 atom stereocenters. The van der Waals surface area contributed by atoms with Gasteiger partial charge in [-0.15, -0.1) is 0 Å². The minimum atomic E-state index is -0.690. The quantitative estimate of drug-likeness (QED) is 0.866. The molecule has 0 saturated heterocycles. The van der Waals surface area contributed by atoms with Crippen molar-refractivity contribution in [2.75, 3.05) is 7.11 Å². The van der Waals surface area contributed by atoms with Crippen LogP contribution in [0, 0.1) is 5.41 Å². The molecule has 23 heavy (non-hydrogen) atoms. The number of nitrogens with zero attached hydrogens (tertiary/aromatic N) is 2. The van der Waals surface area contributed by atoms with Gasteiger partial charge in [-0.2, -0.15) is 0 Å². The normalized spacial score (nSPS) is 30.4. The maximum absolute atomic E-state index is 13.0. The van der Waals surface area contributed by atoms with Gasteiger partial charge in [0, 0.05) is 5.41 Å². The molecule has 0 radical (unpaired) electrons. The number of aromatic nitrogens is 2. The van der Waals surface area contributed by atoms with Crippen LogP contribution in [0.4, 0.5) is 0 Å². The molecule has 1 amide bonds. The highest BCUT2D eigenvalue weighted by atomic mass is 16.6. The van der Waals surface area contributed by atoms with Gasteiger partial charge in [0.1, 0.15) is 5.41 Å². The van der Waals surface area contributed by atoms with Crippen LogP contribution >= 0.6 is 0 Å². The summed E-state index contributed by atoms with van der Waals surface area (Å²) in [6.07, 6.45) is 1.70. The van der Waals surface area contributed by atoms with Crippen molar-refractivity contribution in [2.24, 2.45) is 5.41 Å². The predicted molar refractivity (Wildman–Crippen MR) is 86.7 cm³/mol. The molecule has 1 fully saturated rings. The molecular weight excluding hydrogens is 290 g/mol. The summed E-state index contributed by atoms with van der Waals surface area (Å²) in [7, 11) is 1.47. The Kier molecular flexibility index (Phi) is 2.72. The zero-order chi connectivity index (χ0) is 16.5. The number of para-hydroxylation sites is 2. The predicted octanol–water partition coefficient (Wildman–Crippen LogP) is 2.64. The number of fused-ring (bicyclic) bond motifs is 6. The fourth-order valence-corrected chi connectivity index (χ4v) is 4.73. The fraction of sp³-hybridized carbons (Fsp3) is 0.500. The number of carbonyl (C=O) groups is 1. The Bertz CT molecular complexity index is 832. The summed E-state index contributed by atoms with van der Waals surface area (Å²) in [6, 6.07) is 7.85. The van der Waals surface area contributed by atoms with Gasteiger partial charge in [0.2, 0.25) is 0 Å². The zero-order valence-electron chi connectivity index (χ0n) is 13.9. The summed E-state index contributed by atoms with van der Waals surface area (Å²) in [4.78, 5) is 27.7. The van der Waals surface area contributed by atoms with Crippen molar-refractivity contribution in [2.45, 2.75) is 44.4 Å². The van der Waals surface area contributed by atoms with E-state index in [0.717, 1.165) is 35.3 Å². The van der Waals surface area contributed by atoms with Gasteiger partial charge in [0.25, 0.3) is 5.91 Å². The van der Waals surface area contributed by atoms with Crippen LogP contribution in [0.3, 0.4) is 0 Å². The number of nitrogens with one attached hydrogen (secondary N) is 1. The molecule has 0 spiro atoms. The van der Waals surface area contributed by atoms with Crippen LogP contribution in [0.2, 0.25) is 0 Å². The maximum atomic E-state index is 13.0. The highest BCUT2D eigenvalue weighted by Gasteiger charge is 2.73. The van der Waals surface area contributed by atoms with Gasteiger partial charge >= 0.3 is 0 Å². The second-order valence-corrected chi connectivity index (χ2v) is 7.41. The molecule has 2 unspecified atom stereocenters. The van der Waals surface area contributed by atoms with Crippen molar-refractivity contribution in [3.8, 4) is 0 Å². The van der Waals surface area contributed by atoms with Crippen molar-refractivity contribution in [3.05, 3.63) is 35.7 Å². The van der Waals surface area contributed by atoms with E-state index in [9.17, 15) is 4.79 Å². The third kappa shape index (κ3) is 1.44. The van der Waals surface area contributed by atoms with Crippen LogP contribution in [0.15, 0.2) is 24.3 Å². The number of hydrogen-bond donors (Lipinski definition) is 1. The molecular formula is C18H21N3O2. The Morgan fingerprint density at radius 3 is 2.30 bits per heavy atom. The van der Waals surface area contributed by atoms with E-state index in [-0.39, 0.29) is 16.7 Å². The van der Waals surface area contributed by atoms with Gasteiger partial charge in [-0.3, -0.25) is 9.63 Å². The molecule has 5 heteroatoms. The van der Waals surface area contributed by atoms with Gasteiger partial charge in [-0.1, -0.05) is 32.9 Å². The van der Waals surface area contributed by atoms with Gasteiger partial charge in [0.05, 0.1) is 29.5 Å². The van der Waals surface area contributed by atoms with Crippen LogP contribution < -0.4 is 5.48 Å². The number of benzene rings is 1. The molecule has 1 N–H and O–H groups in total. The van der Waals surface area contributed by atoms with Crippen molar-refractivity contribution in [1.82, 2.24) is 15.4 Å². The highest BCUT2D eigenvalue weighted by Crippen LogP contribution is 2.70. The monoisotopic (exact) mass is 311 g/mol. The van der Waals surface area contributed by atoms with E-state index in [2.05, 4.69) is 26.3 Å². The first kappa shape index (κ1) is 14.6. The molecule has 1 heterocycles. The lowest BCUT2D eigenvalue weighted by atomic mass is 9.63. The van der Waals surface area contributed by atoms with Gasteiger partial charge in [0.15, 0.2) is 0 Å². The molecule has 0 aliphatic heterocycles. The summed E-state index contributed by atoms with van der Waals surface area (Å²) >= 11 is 0. The molecule has 2 aromatic rings. The third-order valence-corrected chi connectivity index (χ3v) is 6.53. The van der Waals surface area contributed by atoms with Crippen molar-refractivity contribution < 1.29 is 9.63 Å². The number of hydroxylamine groups is 1. The van der Waals surface area contributed by atoms with Crippen molar-refractivity contribution in [3.63, 3.8) is 0 Å². The van der Waals surface area contributed by atoms with Crippen LogP contribution in [-0.4, -0.2) is 23.0 Å². The van der Waals surface area contributed by atoms with Crippen molar-refractivity contribution in [1.29, 1.82) is 0 Å². The number of rotatable bonds is 2. The molecule has 1 saturated carbocycles. The summed E-state index contributed by atoms with van der Waals surface area (Å²) in [5.74, 6) is -0.114. The summed E-state index contributed by atoms with van der Waals surface area (Å²) in [5.41, 5.74) is 4.95. The summed E-state index contributed by atoms with van der Waals surface area (Å²) < 4.78 is 0. The molecule has 2 aliphatic rings. The van der Waals surface area contributed by atoms with Gasteiger partial charge in [-0.25, -0.2) is 15.4 Å². The Labute approximate surface area is 135 Å². The van der Waals surface area contributed by atoms with Crippen LogP contribution in [-0.2, 0) is 20.5 Å². The lowest BCUT2D eigenvalue weighted by molar-refractivity contribution is -0.141. The minimum Gasteiger partial charge on any atom is -0.277 e. The standard InChI is InChI=1S/C18H21N3O2/c1-16(2)17(3)9-10-18(16,15(22)21-23-4)14-13(17)19-11-7-5-6-8-12(11)20-14/h5-8H,9-10H2,1-4H3,(H,21,22). The summed E-state index contributed by atoms with van der Waals surface area (Å²) in [6.45, 7) is 6.52. The number of hydrogen-bond acceptors (Lipinski definition) is 4. The Morgan fingerprint density at radius 2 is 1.70 bits per heavy atom. The molecule has 120 valence electrons. The molecule has 2 bridgehead atoms. The van der Waals surface area contributed by atoms with E-state index in [1.165, 1.54) is 7.11 Å². The van der Waals surface area contributed by atoms with E-state index >= 15 is 0 Å². The highest BCUT2D eigenvalue weighted by molar-refractivity contribution is 5.92. The van der Waals surface area contributed by atoms with Gasteiger partial charge in [-0.05, 0) is 30.4 Å². The lowest BCUT2D eigenvalue weighted by Crippen LogP contribution is -2.51. The smallest absolute Gasteiger partial charge is 0.256 e. The van der Waals surface area contributed by atoms with Gasteiger partial charge < -0.3 is 0 Å². The molecule has 1 aromatic carbocycles. The van der Waals surface area contributed by atoms with E-state index in [1.807, 2.05) is 24.3 Å². The Hall–Kier alpha value is -2.01. The average molecular weight is 311 g/mol. The second-order valence-electron chi connectivity index (χ2n) is 7.41. The summed E-state index contributed by atoms with van der Waals surface area (Å²) in [5, 5.41) is 0. The topological polar surface area (TPSA) is 64.1 Å². The van der Waals surface area contributed by atoms with E-state index in [1.54, 1.807) is 0 Å². The number of carbonyl (C=O) groups excluding carboxylic acids is 1. The molecule has 4 rings (SSSR count). The van der Waals surface area contributed by atoms with Crippen LogP contribution in [0.5, 0.6) is 0 Å². The molecule has 2 aliphatic carbocycles.